The van der Waals surface area contributed by atoms with Crippen molar-refractivity contribution in [3.63, 3.8) is 0 Å². The summed E-state index contributed by atoms with van der Waals surface area (Å²) in [6.45, 7) is 0. The van der Waals surface area contributed by atoms with Gasteiger partial charge in [-0.25, -0.2) is 4.79 Å². The van der Waals surface area contributed by atoms with Gasteiger partial charge in [-0.1, -0.05) is 0 Å². The zero-order chi connectivity index (χ0) is 8.31. The molecule has 0 aliphatic carbocycles. The molecule has 11 heavy (non-hydrogen) atoms. The van der Waals surface area contributed by atoms with Crippen molar-refractivity contribution in [2.75, 3.05) is 0 Å². The van der Waals surface area contributed by atoms with Crippen LogP contribution in [0.5, 0.6) is 0 Å². The zero-order valence-electron chi connectivity index (χ0n) is 5.72. The summed E-state index contributed by atoms with van der Waals surface area (Å²) in [6.07, 6.45) is -4.71. The molecule has 0 aromatic rings. The third kappa shape index (κ3) is 4.85. The molecule has 2 atom stereocenters. The van der Waals surface area contributed by atoms with E-state index in [9.17, 15) is 14.7 Å². The minimum atomic E-state index is -2.38. The Morgan fingerprint density at radius 1 is 1.18 bits per heavy atom. The third-order valence-electron chi connectivity index (χ3n) is 0.794. The van der Waals surface area contributed by atoms with Crippen LogP contribution in [0.3, 0.4) is 0 Å². The number of carboxylic acid groups (broad SMARTS) is 2. The molecule has 0 aromatic carbocycles. The molecule has 6 nitrogen and oxygen atoms in total. The van der Waals surface area contributed by atoms with Crippen LogP contribution in [0.4, 0.5) is 0 Å². The molecule has 3 N–H and O–H groups in total. The van der Waals surface area contributed by atoms with Crippen LogP contribution in [-0.2, 0) is 9.59 Å². The third-order valence-corrected chi connectivity index (χ3v) is 0.794. The fraction of sp³-hybridized carbons (Fsp3) is 0.500. The molecule has 0 rings (SSSR count). The second kappa shape index (κ2) is 6.06. The summed E-state index contributed by atoms with van der Waals surface area (Å²) in [4.78, 5) is 19.4. The van der Waals surface area contributed by atoms with Gasteiger partial charge < -0.3 is 25.2 Å². The number of aliphatic hydroxyl groups is 2. The van der Waals surface area contributed by atoms with Gasteiger partial charge in [-0.2, -0.15) is 0 Å². The van der Waals surface area contributed by atoms with E-state index < -0.39 is 24.1 Å². The van der Waals surface area contributed by atoms with E-state index in [2.05, 4.69) is 0 Å². The van der Waals surface area contributed by atoms with Crippen molar-refractivity contribution in [3.8, 4) is 0 Å². The quantitative estimate of drug-likeness (QED) is 0.379. The molecule has 0 aromatic heterocycles. The molecule has 0 bridgehead atoms. The smallest absolute Gasteiger partial charge is 0.547 e. The number of rotatable bonds is 3. The van der Waals surface area contributed by atoms with Gasteiger partial charge >= 0.3 is 57.4 Å². The Morgan fingerprint density at radius 3 is 1.64 bits per heavy atom. The maximum absolute atomic E-state index is 9.74. The molecule has 0 heterocycles. The fourth-order valence-corrected chi connectivity index (χ4v) is 0.264. The molecule has 58 valence electrons. The minimum absolute atomic E-state index is 0. The van der Waals surface area contributed by atoms with Gasteiger partial charge in [-0.05, 0) is 0 Å². The van der Waals surface area contributed by atoms with Gasteiger partial charge in [0.15, 0.2) is 6.10 Å². The number of hydrogen-bond acceptors (Lipinski definition) is 5. The van der Waals surface area contributed by atoms with E-state index in [0.717, 1.165) is 0 Å². The summed E-state index contributed by atoms with van der Waals surface area (Å²) in [6, 6.07) is 0. The van der Waals surface area contributed by atoms with E-state index in [1.807, 2.05) is 0 Å². The molecule has 0 saturated heterocycles. The summed E-state index contributed by atoms with van der Waals surface area (Å²) in [5, 5.41) is 34.1. The van der Waals surface area contributed by atoms with E-state index >= 15 is 0 Å². The molecule has 0 radical (unpaired) electrons. The number of carboxylic acids is 2. The first-order chi connectivity index (χ1) is 4.46. The first-order valence-corrected chi connectivity index (χ1v) is 2.26. The Labute approximate surface area is 104 Å². The van der Waals surface area contributed by atoms with Gasteiger partial charge in [-0.3, -0.25) is 0 Å². The second-order valence-corrected chi connectivity index (χ2v) is 1.55. The summed E-state index contributed by atoms with van der Waals surface area (Å²) in [7, 11) is 0. The van der Waals surface area contributed by atoms with Crippen molar-refractivity contribution in [1.82, 2.24) is 0 Å². The van der Waals surface area contributed by atoms with Gasteiger partial charge in [0.05, 0.1) is 5.97 Å². The van der Waals surface area contributed by atoms with Gasteiger partial charge in [-0.15, -0.1) is 0 Å². The van der Waals surface area contributed by atoms with E-state index in [4.69, 9.17) is 15.3 Å². The van der Waals surface area contributed by atoms with Crippen LogP contribution in [0.25, 0.3) is 0 Å². The number of aliphatic carboxylic acids is 2. The minimum Gasteiger partial charge on any atom is -0.547 e. The standard InChI is InChI=1S/C4H6O6.K/c5-1(3(7)8)2(6)4(9)10;/h1-2,5-6H,(H,7,8)(H,9,10);/q;+1/p-1. The molecule has 0 spiro atoms. The van der Waals surface area contributed by atoms with Crippen LogP contribution in [-0.4, -0.2) is 39.5 Å². The van der Waals surface area contributed by atoms with E-state index in [1.165, 1.54) is 0 Å². The average molecular weight is 188 g/mol. The molecule has 0 fully saturated rings. The Bertz CT molecular complexity index is 139. The SMILES string of the molecule is O=C([O-])C(O)C(O)C(=O)O.[K+]. The zero-order valence-corrected chi connectivity index (χ0v) is 8.84. The fourth-order valence-electron chi connectivity index (χ4n) is 0.264. The number of carbonyl (C=O) groups excluding carboxylic acids is 1. The maximum atomic E-state index is 9.74. The Kier molecular flexibility index (Phi) is 7.74. The van der Waals surface area contributed by atoms with E-state index in [0.29, 0.717) is 0 Å². The van der Waals surface area contributed by atoms with Crippen molar-refractivity contribution in [3.05, 3.63) is 0 Å². The normalized spacial score (nSPS) is 14.4. The molecular formula is C4H5KO6. The Morgan fingerprint density at radius 2 is 1.55 bits per heavy atom. The second-order valence-electron chi connectivity index (χ2n) is 1.55. The van der Waals surface area contributed by atoms with E-state index in [1.54, 1.807) is 0 Å². The topological polar surface area (TPSA) is 118 Å². The predicted molar refractivity (Wildman–Crippen MR) is 24.7 cm³/mol. The number of aliphatic hydroxyl groups excluding tert-OH is 2. The Hall–Kier alpha value is 0.496. The van der Waals surface area contributed by atoms with Crippen molar-refractivity contribution in [2.45, 2.75) is 12.2 Å². The molecule has 7 heteroatoms. The van der Waals surface area contributed by atoms with Crippen LogP contribution in [0, 0.1) is 0 Å². The Balaban J connectivity index is 0. The van der Waals surface area contributed by atoms with Crippen molar-refractivity contribution in [2.24, 2.45) is 0 Å². The van der Waals surface area contributed by atoms with Crippen molar-refractivity contribution < 1.29 is 81.4 Å². The summed E-state index contributed by atoms with van der Waals surface area (Å²) >= 11 is 0. The molecule has 0 saturated carbocycles. The molecule has 0 amide bonds. The van der Waals surface area contributed by atoms with Crippen LogP contribution in [0.15, 0.2) is 0 Å². The van der Waals surface area contributed by atoms with Gasteiger partial charge in [0.1, 0.15) is 6.10 Å². The van der Waals surface area contributed by atoms with Crippen LogP contribution < -0.4 is 56.5 Å². The molecular weight excluding hydrogens is 183 g/mol. The van der Waals surface area contributed by atoms with Gasteiger partial charge in [0.25, 0.3) is 0 Å². The van der Waals surface area contributed by atoms with Crippen LogP contribution >= 0.6 is 0 Å². The van der Waals surface area contributed by atoms with Gasteiger partial charge in [0, 0.05) is 0 Å². The molecule has 0 aliphatic rings. The van der Waals surface area contributed by atoms with Crippen molar-refractivity contribution in [1.29, 1.82) is 0 Å². The van der Waals surface area contributed by atoms with Crippen molar-refractivity contribution >= 4 is 11.9 Å². The van der Waals surface area contributed by atoms with E-state index in [-0.39, 0.29) is 51.4 Å². The number of hydrogen-bond donors (Lipinski definition) is 3. The first kappa shape index (κ1) is 14.0. The largest absolute Gasteiger partial charge is 1.00 e. The first-order valence-electron chi connectivity index (χ1n) is 2.26. The summed E-state index contributed by atoms with van der Waals surface area (Å²) in [5.41, 5.74) is 0. The van der Waals surface area contributed by atoms with Crippen LogP contribution in [0.2, 0.25) is 0 Å². The predicted octanol–water partition coefficient (Wildman–Crippen LogP) is -6.45. The van der Waals surface area contributed by atoms with Crippen LogP contribution in [0.1, 0.15) is 0 Å². The monoisotopic (exact) mass is 188 g/mol. The molecule has 2 unspecified atom stereocenters. The number of carbonyl (C=O) groups is 2. The average Bonchev–Trinajstić information content (AvgIpc) is 1.84. The van der Waals surface area contributed by atoms with Gasteiger partial charge in [0.2, 0.25) is 0 Å². The molecule has 0 aliphatic heterocycles. The summed E-state index contributed by atoms with van der Waals surface area (Å²) < 4.78 is 0. The maximum Gasteiger partial charge on any atom is 1.00 e. The summed E-state index contributed by atoms with van der Waals surface area (Å²) in [5.74, 6) is -3.83.